The van der Waals surface area contributed by atoms with Crippen LogP contribution in [0.2, 0.25) is 0 Å². The number of halogens is 1. The SMILES string of the molecule is CCNC(=NCCN1CCc2sccc2C1)N1CCC(NC(=O)OC(C)(C)C)C1.I. The first-order valence-corrected chi connectivity index (χ1v) is 11.5. The van der Waals surface area contributed by atoms with E-state index in [-0.39, 0.29) is 36.1 Å². The van der Waals surface area contributed by atoms with E-state index < -0.39 is 5.60 Å². The van der Waals surface area contributed by atoms with Gasteiger partial charge >= 0.3 is 6.09 Å². The fraction of sp³-hybridized carbons (Fsp3) is 0.714. The van der Waals surface area contributed by atoms with Gasteiger partial charge in [-0.2, -0.15) is 0 Å². The lowest BCUT2D eigenvalue weighted by atomic mass is 10.1. The lowest BCUT2D eigenvalue weighted by Crippen LogP contribution is -2.44. The molecule has 1 amide bonds. The quantitative estimate of drug-likeness (QED) is 0.335. The average Bonchev–Trinajstić information content (AvgIpc) is 3.28. The molecule has 0 aromatic carbocycles. The van der Waals surface area contributed by atoms with Crippen molar-refractivity contribution in [3.8, 4) is 0 Å². The van der Waals surface area contributed by atoms with Crippen molar-refractivity contribution in [1.29, 1.82) is 0 Å². The number of rotatable bonds is 5. The van der Waals surface area contributed by atoms with E-state index in [4.69, 9.17) is 9.73 Å². The van der Waals surface area contributed by atoms with E-state index in [0.717, 1.165) is 64.6 Å². The van der Waals surface area contributed by atoms with Crippen molar-refractivity contribution in [2.75, 3.05) is 39.3 Å². The van der Waals surface area contributed by atoms with Gasteiger partial charge in [-0.25, -0.2) is 4.79 Å². The van der Waals surface area contributed by atoms with E-state index in [0.29, 0.717) is 0 Å². The Morgan fingerprint density at radius 2 is 2.17 bits per heavy atom. The summed E-state index contributed by atoms with van der Waals surface area (Å²) in [6, 6.07) is 2.34. The second-order valence-corrected chi connectivity index (χ2v) is 9.71. The molecule has 2 N–H and O–H groups in total. The zero-order valence-electron chi connectivity index (χ0n) is 18.6. The molecule has 1 unspecified atom stereocenters. The minimum atomic E-state index is -0.475. The molecule has 0 bridgehead atoms. The molecule has 1 fully saturated rings. The first-order valence-electron chi connectivity index (χ1n) is 10.6. The van der Waals surface area contributed by atoms with Gasteiger partial charge in [0.05, 0.1) is 12.6 Å². The standard InChI is InChI=1S/C21H35N5O2S.HI/c1-5-22-19(23-9-12-25-10-7-18-16(14-25)8-13-29-18)26-11-6-17(15-26)24-20(27)28-21(2,3)4;/h8,13,17H,5-7,9-12,14-15H2,1-4H3,(H,22,23)(H,24,27);1H. The number of carbonyl (C=O) groups is 1. The Labute approximate surface area is 201 Å². The number of hydrogen-bond acceptors (Lipinski definition) is 5. The van der Waals surface area contributed by atoms with Crippen LogP contribution in [-0.4, -0.2) is 72.8 Å². The van der Waals surface area contributed by atoms with Crippen molar-refractivity contribution in [3.05, 3.63) is 21.9 Å². The summed E-state index contributed by atoms with van der Waals surface area (Å²) < 4.78 is 5.37. The van der Waals surface area contributed by atoms with Gasteiger partial charge in [-0.15, -0.1) is 35.3 Å². The van der Waals surface area contributed by atoms with Gasteiger partial charge in [0.1, 0.15) is 5.60 Å². The van der Waals surface area contributed by atoms with Gasteiger partial charge in [-0.05, 0) is 57.5 Å². The maximum atomic E-state index is 12.0. The number of hydrogen-bond donors (Lipinski definition) is 2. The fourth-order valence-corrected chi connectivity index (χ4v) is 4.66. The van der Waals surface area contributed by atoms with E-state index in [9.17, 15) is 4.79 Å². The zero-order chi connectivity index (χ0) is 20.9. The summed E-state index contributed by atoms with van der Waals surface area (Å²) in [6.45, 7) is 14.1. The highest BCUT2D eigenvalue weighted by atomic mass is 127. The van der Waals surface area contributed by atoms with Crippen LogP contribution in [0.5, 0.6) is 0 Å². The first kappa shape index (κ1) is 25.2. The molecule has 0 aliphatic carbocycles. The van der Waals surface area contributed by atoms with Crippen LogP contribution in [-0.2, 0) is 17.7 Å². The Kier molecular flexibility index (Phi) is 9.67. The summed E-state index contributed by atoms with van der Waals surface area (Å²) in [5.41, 5.74) is 1.00. The molecule has 1 atom stereocenters. The molecule has 1 saturated heterocycles. The molecule has 0 saturated carbocycles. The summed E-state index contributed by atoms with van der Waals surface area (Å²) in [5, 5.41) is 8.58. The fourth-order valence-electron chi connectivity index (χ4n) is 3.77. The molecule has 0 spiro atoms. The maximum absolute atomic E-state index is 12.0. The van der Waals surface area contributed by atoms with Crippen molar-refractivity contribution < 1.29 is 9.53 Å². The normalized spacial score (nSPS) is 19.8. The van der Waals surface area contributed by atoms with Gasteiger partial charge in [-0.3, -0.25) is 9.89 Å². The number of carbonyl (C=O) groups excluding carboxylic acids is 1. The summed E-state index contributed by atoms with van der Waals surface area (Å²) >= 11 is 1.88. The van der Waals surface area contributed by atoms with Crippen LogP contribution in [0.3, 0.4) is 0 Å². The molecular formula is C21H36IN5O2S. The highest BCUT2D eigenvalue weighted by Gasteiger charge is 2.28. The Morgan fingerprint density at radius 3 is 2.90 bits per heavy atom. The molecule has 3 rings (SSSR count). The zero-order valence-corrected chi connectivity index (χ0v) is 21.7. The summed E-state index contributed by atoms with van der Waals surface area (Å²) in [6.07, 6.45) is 1.71. The molecule has 3 heterocycles. The topological polar surface area (TPSA) is 69.2 Å². The van der Waals surface area contributed by atoms with Crippen LogP contribution >= 0.6 is 35.3 Å². The number of thiophene rings is 1. The Bertz CT molecular complexity index is 718. The molecule has 1 aromatic heterocycles. The summed E-state index contributed by atoms with van der Waals surface area (Å²) in [7, 11) is 0. The smallest absolute Gasteiger partial charge is 0.407 e. The predicted octanol–water partition coefficient (Wildman–Crippen LogP) is 3.29. The van der Waals surface area contributed by atoms with Crippen LogP contribution in [0, 0.1) is 0 Å². The van der Waals surface area contributed by atoms with Crippen LogP contribution < -0.4 is 10.6 Å². The van der Waals surface area contributed by atoms with E-state index in [1.807, 2.05) is 32.1 Å². The van der Waals surface area contributed by atoms with Crippen LogP contribution in [0.4, 0.5) is 4.79 Å². The van der Waals surface area contributed by atoms with Crippen molar-refractivity contribution in [2.24, 2.45) is 4.99 Å². The van der Waals surface area contributed by atoms with Gasteiger partial charge < -0.3 is 20.3 Å². The predicted molar refractivity (Wildman–Crippen MR) is 134 cm³/mol. The summed E-state index contributed by atoms with van der Waals surface area (Å²) in [5.74, 6) is 0.939. The number of alkyl carbamates (subject to hydrolysis) is 1. The van der Waals surface area contributed by atoms with Gasteiger partial charge in [0, 0.05) is 44.1 Å². The number of likely N-dealkylation sites (tertiary alicyclic amines) is 1. The second kappa shape index (κ2) is 11.5. The number of nitrogens with zero attached hydrogens (tertiary/aromatic N) is 3. The third-order valence-corrected chi connectivity index (χ3v) is 6.13. The molecule has 2 aliphatic heterocycles. The molecule has 30 heavy (non-hydrogen) atoms. The minimum absolute atomic E-state index is 0. The van der Waals surface area contributed by atoms with Crippen LogP contribution in [0.1, 0.15) is 44.6 Å². The van der Waals surface area contributed by atoms with Crippen LogP contribution in [0.15, 0.2) is 16.4 Å². The Hall–Kier alpha value is -1.07. The highest BCUT2D eigenvalue weighted by molar-refractivity contribution is 14.0. The van der Waals surface area contributed by atoms with E-state index >= 15 is 0 Å². The number of aliphatic imine (C=N–C) groups is 1. The van der Waals surface area contributed by atoms with Crippen LogP contribution in [0.25, 0.3) is 0 Å². The molecular weight excluding hydrogens is 513 g/mol. The van der Waals surface area contributed by atoms with Crippen molar-refractivity contribution in [1.82, 2.24) is 20.4 Å². The van der Waals surface area contributed by atoms with E-state index in [1.54, 1.807) is 4.88 Å². The third kappa shape index (κ3) is 7.56. The van der Waals surface area contributed by atoms with Gasteiger partial charge in [0.25, 0.3) is 0 Å². The number of ether oxygens (including phenoxy) is 1. The molecule has 2 aliphatic rings. The Balaban J connectivity index is 0.00000320. The number of fused-ring (bicyclic) bond motifs is 1. The lowest BCUT2D eigenvalue weighted by Gasteiger charge is -2.27. The minimum Gasteiger partial charge on any atom is -0.444 e. The Morgan fingerprint density at radius 1 is 1.37 bits per heavy atom. The number of amides is 1. The van der Waals surface area contributed by atoms with E-state index in [1.165, 1.54) is 5.56 Å². The maximum Gasteiger partial charge on any atom is 0.407 e. The largest absolute Gasteiger partial charge is 0.444 e. The number of guanidine groups is 1. The van der Waals surface area contributed by atoms with Crippen molar-refractivity contribution in [3.63, 3.8) is 0 Å². The third-order valence-electron chi connectivity index (χ3n) is 5.11. The molecule has 170 valence electrons. The van der Waals surface area contributed by atoms with Gasteiger partial charge in [-0.1, -0.05) is 0 Å². The monoisotopic (exact) mass is 549 g/mol. The second-order valence-electron chi connectivity index (χ2n) is 8.71. The molecule has 9 heteroatoms. The molecule has 0 radical (unpaired) electrons. The molecule has 1 aromatic rings. The lowest BCUT2D eigenvalue weighted by molar-refractivity contribution is 0.0507. The highest BCUT2D eigenvalue weighted by Crippen LogP contribution is 2.23. The summed E-state index contributed by atoms with van der Waals surface area (Å²) in [4.78, 5) is 23.1. The van der Waals surface area contributed by atoms with Gasteiger partial charge in [0.15, 0.2) is 5.96 Å². The first-order chi connectivity index (χ1) is 13.8. The molecule has 7 nitrogen and oxygen atoms in total. The van der Waals surface area contributed by atoms with Crippen molar-refractivity contribution in [2.45, 2.75) is 58.7 Å². The van der Waals surface area contributed by atoms with E-state index in [2.05, 4.69) is 38.8 Å². The van der Waals surface area contributed by atoms with Crippen molar-refractivity contribution >= 4 is 47.4 Å². The van der Waals surface area contributed by atoms with Gasteiger partial charge in [0.2, 0.25) is 0 Å². The number of nitrogens with one attached hydrogen (secondary N) is 2. The average molecular weight is 550 g/mol.